The maximum absolute atomic E-state index is 8.78. The van der Waals surface area contributed by atoms with Crippen LogP contribution in [-0.2, 0) is 0 Å². The molecule has 1 heterocycles. The number of aliphatic hydroxyl groups is 1. The number of nitrogens with zero attached hydrogens (tertiary/aromatic N) is 1. The van der Waals surface area contributed by atoms with Crippen molar-refractivity contribution < 1.29 is 5.11 Å². The zero-order chi connectivity index (χ0) is 13.9. The summed E-state index contributed by atoms with van der Waals surface area (Å²) >= 11 is 0. The molecule has 1 fully saturated rings. The SMILES string of the molecule is CC(C)CNCC1CCCCN1CCCCCCO. The molecular formula is C16H34N2O. The maximum Gasteiger partial charge on any atom is 0.0431 e. The molecule has 1 rings (SSSR count). The predicted molar refractivity (Wildman–Crippen MR) is 82.5 cm³/mol. The van der Waals surface area contributed by atoms with Crippen LogP contribution in [0.25, 0.3) is 0 Å². The van der Waals surface area contributed by atoms with E-state index in [0.717, 1.165) is 31.5 Å². The van der Waals surface area contributed by atoms with Gasteiger partial charge in [0.1, 0.15) is 0 Å². The van der Waals surface area contributed by atoms with Crippen molar-refractivity contribution in [2.45, 2.75) is 64.8 Å². The van der Waals surface area contributed by atoms with Crippen LogP contribution in [0.3, 0.4) is 0 Å². The Morgan fingerprint density at radius 2 is 1.95 bits per heavy atom. The van der Waals surface area contributed by atoms with Gasteiger partial charge in [0.15, 0.2) is 0 Å². The molecule has 0 radical (unpaired) electrons. The van der Waals surface area contributed by atoms with Crippen LogP contribution in [0, 0.1) is 5.92 Å². The van der Waals surface area contributed by atoms with Crippen LogP contribution in [0.2, 0.25) is 0 Å². The van der Waals surface area contributed by atoms with Gasteiger partial charge in [0.25, 0.3) is 0 Å². The fourth-order valence-electron chi connectivity index (χ4n) is 2.90. The molecule has 0 bridgehead atoms. The average molecular weight is 270 g/mol. The Balaban J connectivity index is 2.16. The minimum Gasteiger partial charge on any atom is -0.396 e. The second kappa shape index (κ2) is 10.6. The number of likely N-dealkylation sites (tertiary alicyclic amines) is 1. The molecule has 0 aromatic heterocycles. The highest BCUT2D eigenvalue weighted by molar-refractivity contribution is 4.78. The van der Waals surface area contributed by atoms with Gasteiger partial charge >= 0.3 is 0 Å². The molecule has 0 saturated carbocycles. The van der Waals surface area contributed by atoms with Gasteiger partial charge in [0.2, 0.25) is 0 Å². The standard InChI is InChI=1S/C16H34N2O/c1-15(2)13-17-14-16-9-5-7-11-18(16)10-6-3-4-8-12-19/h15-17,19H,3-14H2,1-2H3. The molecule has 0 aromatic rings. The summed E-state index contributed by atoms with van der Waals surface area (Å²) in [6.45, 7) is 9.73. The molecule has 3 heteroatoms. The third-order valence-corrected chi connectivity index (χ3v) is 4.04. The third kappa shape index (κ3) is 7.91. The van der Waals surface area contributed by atoms with Crippen molar-refractivity contribution in [1.82, 2.24) is 10.2 Å². The molecular weight excluding hydrogens is 236 g/mol. The highest BCUT2D eigenvalue weighted by atomic mass is 16.2. The topological polar surface area (TPSA) is 35.5 Å². The Labute approximate surface area is 119 Å². The van der Waals surface area contributed by atoms with Crippen LogP contribution in [0.1, 0.15) is 58.8 Å². The molecule has 114 valence electrons. The number of piperidine rings is 1. The molecule has 2 N–H and O–H groups in total. The summed E-state index contributed by atoms with van der Waals surface area (Å²) in [5.74, 6) is 0.746. The lowest BCUT2D eigenvalue weighted by Crippen LogP contribution is -2.46. The normalized spacial score (nSPS) is 21.2. The first-order valence-electron chi connectivity index (χ1n) is 8.29. The highest BCUT2D eigenvalue weighted by Gasteiger charge is 2.21. The van der Waals surface area contributed by atoms with Crippen LogP contribution >= 0.6 is 0 Å². The van der Waals surface area contributed by atoms with Crippen molar-refractivity contribution in [3.63, 3.8) is 0 Å². The molecule has 3 nitrogen and oxygen atoms in total. The minimum absolute atomic E-state index is 0.353. The summed E-state index contributed by atoms with van der Waals surface area (Å²) in [4.78, 5) is 2.69. The van der Waals surface area contributed by atoms with E-state index in [2.05, 4.69) is 24.1 Å². The van der Waals surface area contributed by atoms with E-state index >= 15 is 0 Å². The number of rotatable bonds is 10. The third-order valence-electron chi connectivity index (χ3n) is 4.04. The Hall–Kier alpha value is -0.120. The van der Waals surface area contributed by atoms with Gasteiger partial charge in [0.05, 0.1) is 0 Å². The minimum atomic E-state index is 0.353. The first-order chi connectivity index (χ1) is 9.24. The van der Waals surface area contributed by atoms with Gasteiger partial charge in [-0.15, -0.1) is 0 Å². The van der Waals surface area contributed by atoms with Crippen LogP contribution in [-0.4, -0.2) is 48.8 Å². The molecule has 1 unspecified atom stereocenters. The lowest BCUT2D eigenvalue weighted by molar-refractivity contribution is 0.141. The van der Waals surface area contributed by atoms with Gasteiger partial charge in [-0.2, -0.15) is 0 Å². The van der Waals surface area contributed by atoms with Crippen molar-refractivity contribution in [1.29, 1.82) is 0 Å². The van der Waals surface area contributed by atoms with Gasteiger partial charge in [-0.05, 0) is 51.2 Å². The summed E-state index contributed by atoms with van der Waals surface area (Å²) in [5.41, 5.74) is 0. The molecule has 0 aromatic carbocycles. The Morgan fingerprint density at radius 3 is 2.68 bits per heavy atom. The van der Waals surface area contributed by atoms with Crippen molar-refractivity contribution in [3.05, 3.63) is 0 Å². The van der Waals surface area contributed by atoms with Crippen LogP contribution in [0.15, 0.2) is 0 Å². The fraction of sp³-hybridized carbons (Fsp3) is 1.00. The molecule has 0 amide bonds. The van der Waals surface area contributed by atoms with Crippen LogP contribution < -0.4 is 5.32 Å². The quantitative estimate of drug-likeness (QED) is 0.599. The molecule has 0 spiro atoms. The lowest BCUT2D eigenvalue weighted by atomic mass is 10.0. The van der Waals surface area contributed by atoms with E-state index in [-0.39, 0.29) is 0 Å². The fourth-order valence-corrected chi connectivity index (χ4v) is 2.90. The van der Waals surface area contributed by atoms with Crippen molar-refractivity contribution in [2.24, 2.45) is 5.92 Å². The van der Waals surface area contributed by atoms with E-state index in [9.17, 15) is 0 Å². The van der Waals surface area contributed by atoms with Gasteiger partial charge in [-0.25, -0.2) is 0 Å². The molecule has 0 aliphatic carbocycles. The largest absolute Gasteiger partial charge is 0.396 e. The summed E-state index contributed by atoms with van der Waals surface area (Å²) in [6, 6.07) is 0.755. The molecule has 1 aliphatic heterocycles. The van der Waals surface area contributed by atoms with E-state index in [4.69, 9.17) is 5.11 Å². The van der Waals surface area contributed by atoms with E-state index in [0.29, 0.717) is 6.61 Å². The summed E-state index contributed by atoms with van der Waals surface area (Å²) in [5, 5.41) is 12.4. The first kappa shape index (κ1) is 16.9. The molecule has 1 saturated heterocycles. The van der Waals surface area contributed by atoms with E-state index < -0.39 is 0 Å². The number of aliphatic hydroxyl groups excluding tert-OH is 1. The summed E-state index contributed by atoms with van der Waals surface area (Å²) < 4.78 is 0. The smallest absolute Gasteiger partial charge is 0.0431 e. The molecule has 1 aliphatic rings. The van der Waals surface area contributed by atoms with Gasteiger partial charge in [-0.3, -0.25) is 4.90 Å². The number of nitrogens with one attached hydrogen (secondary N) is 1. The Kier molecular flexibility index (Phi) is 9.48. The van der Waals surface area contributed by atoms with Crippen molar-refractivity contribution >= 4 is 0 Å². The van der Waals surface area contributed by atoms with Crippen LogP contribution in [0.5, 0.6) is 0 Å². The van der Waals surface area contributed by atoms with Gasteiger partial charge in [-0.1, -0.05) is 33.1 Å². The van der Waals surface area contributed by atoms with E-state index in [1.165, 1.54) is 51.6 Å². The van der Waals surface area contributed by atoms with E-state index in [1.54, 1.807) is 0 Å². The number of unbranched alkanes of at least 4 members (excludes halogenated alkanes) is 3. The second-order valence-corrected chi connectivity index (χ2v) is 6.38. The Morgan fingerprint density at radius 1 is 1.16 bits per heavy atom. The molecule has 19 heavy (non-hydrogen) atoms. The highest BCUT2D eigenvalue weighted by Crippen LogP contribution is 2.17. The molecule has 1 atom stereocenters. The van der Waals surface area contributed by atoms with Crippen LogP contribution in [0.4, 0.5) is 0 Å². The second-order valence-electron chi connectivity index (χ2n) is 6.38. The van der Waals surface area contributed by atoms with Crippen molar-refractivity contribution in [3.8, 4) is 0 Å². The first-order valence-corrected chi connectivity index (χ1v) is 8.29. The average Bonchev–Trinajstić information content (AvgIpc) is 2.40. The number of hydrogen-bond donors (Lipinski definition) is 2. The zero-order valence-electron chi connectivity index (χ0n) is 13.0. The summed E-state index contributed by atoms with van der Waals surface area (Å²) in [6.07, 6.45) is 8.85. The van der Waals surface area contributed by atoms with E-state index in [1.807, 2.05) is 0 Å². The van der Waals surface area contributed by atoms with Gasteiger partial charge in [0, 0.05) is 19.2 Å². The lowest BCUT2D eigenvalue weighted by Gasteiger charge is -2.36. The predicted octanol–water partition coefficient (Wildman–Crippen LogP) is 2.64. The monoisotopic (exact) mass is 270 g/mol. The van der Waals surface area contributed by atoms with Gasteiger partial charge < -0.3 is 10.4 Å². The summed E-state index contributed by atoms with van der Waals surface area (Å²) in [7, 11) is 0. The zero-order valence-corrected chi connectivity index (χ0v) is 13.0. The van der Waals surface area contributed by atoms with Crippen molar-refractivity contribution in [2.75, 3.05) is 32.8 Å². The Bertz CT molecular complexity index is 209. The number of hydrogen-bond acceptors (Lipinski definition) is 3. The maximum atomic E-state index is 8.78.